The molecule has 100 valence electrons. The number of hydrogen-bond acceptors (Lipinski definition) is 3. The lowest BCUT2D eigenvalue weighted by molar-refractivity contribution is -0.143. The summed E-state index contributed by atoms with van der Waals surface area (Å²) in [5.74, 6) is -0.242. The lowest BCUT2D eigenvalue weighted by Crippen LogP contribution is -2.22. The van der Waals surface area contributed by atoms with E-state index < -0.39 is 5.97 Å². The van der Waals surface area contributed by atoms with E-state index in [4.69, 9.17) is 0 Å². The van der Waals surface area contributed by atoms with E-state index in [9.17, 15) is 9.90 Å². The number of thiazole rings is 1. The molecular formula is C14H21NO2S. The van der Waals surface area contributed by atoms with Gasteiger partial charge in [-0.25, -0.2) is 4.98 Å². The van der Waals surface area contributed by atoms with Gasteiger partial charge in [-0.2, -0.15) is 0 Å². The Morgan fingerprint density at radius 1 is 1.50 bits per heavy atom. The second-order valence-corrected chi connectivity index (χ2v) is 6.48. The normalized spacial score (nSPS) is 18.4. The zero-order chi connectivity index (χ0) is 13.1. The molecule has 2 rings (SSSR count). The average molecular weight is 267 g/mol. The van der Waals surface area contributed by atoms with Crippen molar-refractivity contribution in [3.05, 3.63) is 16.1 Å². The number of carbonyl (C=O) groups is 1. The SMILES string of the molecule is CC(C)C(Cc1nc(C2CCCC2)cs1)C(=O)O. The zero-order valence-corrected chi connectivity index (χ0v) is 11.9. The highest BCUT2D eigenvalue weighted by molar-refractivity contribution is 7.09. The van der Waals surface area contributed by atoms with Gasteiger partial charge < -0.3 is 5.11 Å². The summed E-state index contributed by atoms with van der Waals surface area (Å²) in [7, 11) is 0. The summed E-state index contributed by atoms with van der Waals surface area (Å²) in [5.41, 5.74) is 1.19. The number of aliphatic carboxylic acids is 1. The average Bonchev–Trinajstić information content (AvgIpc) is 2.95. The van der Waals surface area contributed by atoms with Gasteiger partial charge in [-0.1, -0.05) is 26.7 Å². The molecule has 0 amide bonds. The fourth-order valence-electron chi connectivity index (χ4n) is 2.62. The lowest BCUT2D eigenvalue weighted by Gasteiger charge is -2.14. The molecule has 0 aromatic carbocycles. The molecule has 4 heteroatoms. The van der Waals surface area contributed by atoms with Crippen LogP contribution in [0.25, 0.3) is 0 Å². The third-order valence-corrected chi connectivity index (χ3v) is 4.75. The van der Waals surface area contributed by atoms with Crippen molar-refractivity contribution in [1.82, 2.24) is 4.98 Å². The summed E-state index contributed by atoms with van der Waals surface area (Å²) in [5, 5.41) is 12.3. The van der Waals surface area contributed by atoms with Crippen LogP contribution in [0, 0.1) is 11.8 Å². The molecule has 1 fully saturated rings. The van der Waals surface area contributed by atoms with E-state index >= 15 is 0 Å². The molecule has 1 heterocycles. The Morgan fingerprint density at radius 2 is 2.17 bits per heavy atom. The summed E-state index contributed by atoms with van der Waals surface area (Å²) in [4.78, 5) is 15.8. The molecule has 1 aliphatic carbocycles. The number of carboxylic acids is 1. The van der Waals surface area contributed by atoms with Crippen LogP contribution in [-0.4, -0.2) is 16.1 Å². The van der Waals surface area contributed by atoms with Gasteiger partial charge in [0.15, 0.2) is 0 Å². The Labute approximate surface area is 112 Å². The van der Waals surface area contributed by atoms with Crippen molar-refractivity contribution in [2.75, 3.05) is 0 Å². The molecule has 1 aliphatic rings. The maximum Gasteiger partial charge on any atom is 0.307 e. The van der Waals surface area contributed by atoms with Crippen LogP contribution in [0.15, 0.2) is 5.38 Å². The highest BCUT2D eigenvalue weighted by Gasteiger charge is 2.25. The predicted molar refractivity (Wildman–Crippen MR) is 73.0 cm³/mol. The zero-order valence-electron chi connectivity index (χ0n) is 11.1. The first-order valence-electron chi connectivity index (χ1n) is 6.75. The van der Waals surface area contributed by atoms with Crippen LogP contribution in [0.2, 0.25) is 0 Å². The van der Waals surface area contributed by atoms with E-state index in [-0.39, 0.29) is 11.8 Å². The van der Waals surface area contributed by atoms with Crippen LogP contribution in [0.1, 0.15) is 56.2 Å². The third kappa shape index (κ3) is 3.10. The Bertz CT molecular complexity index is 408. The first-order valence-corrected chi connectivity index (χ1v) is 7.63. The molecular weight excluding hydrogens is 246 g/mol. The first kappa shape index (κ1) is 13.5. The van der Waals surface area contributed by atoms with Gasteiger partial charge in [0.2, 0.25) is 0 Å². The minimum absolute atomic E-state index is 0.154. The van der Waals surface area contributed by atoms with Crippen LogP contribution < -0.4 is 0 Å². The fourth-order valence-corrected chi connectivity index (χ4v) is 3.56. The second-order valence-electron chi connectivity index (χ2n) is 5.54. The number of nitrogens with zero attached hydrogens (tertiary/aromatic N) is 1. The molecule has 1 aromatic heterocycles. The largest absolute Gasteiger partial charge is 0.481 e. The summed E-state index contributed by atoms with van der Waals surface area (Å²) >= 11 is 1.63. The van der Waals surface area contributed by atoms with E-state index in [1.165, 1.54) is 31.4 Å². The minimum atomic E-state index is -0.706. The van der Waals surface area contributed by atoms with Crippen LogP contribution in [0.3, 0.4) is 0 Å². The standard InChI is InChI=1S/C14H21NO2S/c1-9(2)11(14(16)17)7-13-15-12(8-18-13)10-5-3-4-6-10/h8-11H,3-7H2,1-2H3,(H,16,17). The smallest absolute Gasteiger partial charge is 0.307 e. The summed E-state index contributed by atoms with van der Waals surface area (Å²) in [6.07, 6.45) is 5.68. The molecule has 0 radical (unpaired) electrons. The maximum atomic E-state index is 11.2. The number of aromatic nitrogens is 1. The highest BCUT2D eigenvalue weighted by Crippen LogP contribution is 2.35. The molecule has 0 bridgehead atoms. The Kier molecular flexibility index (Phi) is 4.38. The Morgan fingerprint density at radius 3 is 2.72 bits per heavy atom. The maximum absolute atomic E-state index is 11.2. The molecule has 0 spiro atoms. The molecule has 0 aliphatic heterocycles. The number of carboxylic acid groups (broad SMARTS) is 1. The highest BCUT2D eigenvalue weighted by atomic mass is 32.1. The van der Waals surface area contributed by atoms with Crippen molar-refractivity contribution < 1.29 is 9.90 Å². The van der Waals surface area contributed by atoms with E-state index in [2.05, 4.69) is 10.4 Å². The lowest BCUT2D eigenvalue weighted by atomic mass is 9.93. The molecule has 1 saturated carbocycles. The van der Waals surface area contributed by atoms with Gasteiger partial charge in [-0.15, -0.1) is 11.3 Å². The van der Waals surface area contributed by atoms with Gasteiger partial charge in [-0.05, 0) is 18.8 Å². The molecule has 1 unspecified atom stereocenters. The molecule has 1 atom stereocenters. The Hall–Kier alpha value is -0.900. The molecule has 3 nitrogen and oxygen atoms in total. The quantitative estimate of drug-likeness (QED) is 0.885. The molecule has 0 saturated heterocycles. The van der Waals surface area contributed by atoms with Crippen molar-refractivity contribution in [2.24, 2.45) is 11.8 Å². The molecule has 18 heavy (non-hydrogen) atoms. The van der Waals surface area contributed by atoms with E-state index in [0.29, 0.717) is 12.3 Å². The van der Waals surface area contributed by atoms with Crippen molar-refractivity contribution in [1.29, 1.82) is 0 Å². The summed E-state index contributed by atoms with van der Waals surface area (Å²) in [6, 6.07) is 0. The van der Waals surface area contributed by atoms with Crippen molar-refractivity contribution >= 4 is 17.3 Å². The van der Waals surface area contributed by atoms with Crippen LogP contribution >= 0.6 is 11.3 Å². The summed E-state index contributed by atoms with van der Waals surface area (Å²) in [6.45, 7) is 3.93. The monoisotopic (exact) mass is 267 g/mol. The van der Waals surface area contributed by atoms with E-state index in [1.807, 2.05) is 13.8 Å². The number of rotatable bonds is 5. The van der Waals surface area contributed by atoms with Gasteiger partial charge in [0, 0.05) is 17.7 Å². The number of hydrogen-bond donors (Lipinski definition) is 1. The predicted octanol–water partition coefficient (Wildman–Crippen LogP) is 3.70. The van der Waals surface area contributed by atoms with Gasteiger partial charge >= 0.3 is 5.97 Å². The topological polar surface area (TPSA) is 50.2 Å². The van der Waals surface area contributed by atoms with Gasteiger partial charge in [0.05, 0.1) is 16.6 Å². The second kappa shape index (κ2) is 5.83. The first-order chi connectivity index (χ1) is 8.58. The van der Waals surface area contributed by atoms with Crippen LogP contribution in [0.5, 0.6) is 0 Å². The van der Waals surface area contributed by atoms with Crippen LogP contribution in [-0.2, 0) is 11.2 Å². The Balaban J connectivity index is 2.03. The molecule has 1 aromatic rings. The minimum Gasteiger partial charge on any atom is -0.481 e. The van der Waals surface area contributed by atoms with Gasteiger partial charge in [-0.3, -0.25) is 4.79 Å². The van der Waals surface area contributed by atoms with Crippen molar-refractivity contribution in [2.45, 2.75) is 51.9 Å². The fraction of sp³-hybridized carbons (Fsp3) is 0.714. The third-order valence-electron chi connectivity index (χ3n) is 3.86. The van der Waals surface area contributed by atoms with Crippen LogP contribution in [0.4, 0.5) is 0 Å². The van der Waals surface area contributed by atoms with E-state index in [0.717, 1.165) is 5.01 Å². The molecule has 1 N–H and O–H groups in total. The van der Waals surface area contributed by atoms with Crippen molar-refractivity contribution in [3.8, 4) is 0 Å². The van der Waals surface area contributed by atoms with Gasteiger partial charge in [0.1, 0.15) is 0 Å². The van der Waals surface area contributed by atoms with E-state index in [1.54, 1.807) is 11.3 Å². The van der Waals surface area contributed by atoms with Crippen molar-refractivity contribution in [3.63, 3.8) is 0 Å². The van der Waals surface area contributed by atoms with Gasteiger partial charge in [0.25, 0.3) is 0 Å². The summed E-state index contributed by atoms with van der Waals surface area (Å²) < 4.78 is 0.